The van der Waals surface area contributed by atoms with Crippen LogP contribution < -0.4 is 5.32 Å². The van der Waals surface area contributed by atoms with E-state index < -0.39 is 0 Å². The Kier molecular flexibility index (Phi) is 5.11. The van der Waals surface area contributed by atoms with Gasteiger partial charge in [-0.15, -0.1) is 10.2 Å². The average Bonchev–Trinajstić information content (AvgIpc) is 2.87. The number of aromatic nitrogens is 4. The van der Waals surface area contributed by atoms with Gasteiger partial charge in [-0.25, -0.2) is 9.97 Å². The summed E-state index contributed by atoms with van der Waals surface area (Å²) >= 11 is 4.74. The van der Waals surface area contributed by atoms with Gasteiger partial charge in [0.1, 0.15) is 16.7 Å². The van der Waals surface area contributed by atoms with Crippen LogP contribution in [-0.2, 0) is 5.41 Å². The summed E-state index contributed by atoms with van der Waals surface area (Å²) in [5.41, 5.74) is 0.941. The third kappa shape index (κ3) is 3.87. The van der Waals surface area contributed by atoms with E-state index in [-0.39, 0.29) is 5.41 Å². The molecule has 5 nitrogen and oxygen atoms in total. The quantitative estimate of drug-likeness (QED) is 0.669. The molecule has 0 fully saturated rings. The van der Waals surface area contributed by atoms with Gasteiger partial charge in [-0.1, -0.05) is 43.9 Å². The molecule has 21 heavy (non-hydrogen) atoms. The molecule has 2 rings (SSSR count). The van der Waals surface area contributed by atoms with E-state index in [2.05, 4.69) is 41.3 Å². The summed E-state index contributed by atoms with van der Waals surface area (Å²) in [6.45, 7) is 8.37. The highest BCUT2D eigenvalue weighted by Gasteiger charge is 2.22. The first-order valence-electron chi connectivity index (χ1n) is 6.47. The molecule has 0 aliphatic heterocycles. The summed E-state index contributed by atoms with van der Waals surface area (Å²) in [6.07, 6.45) is 2.00. The molecule has 8 heteroatoms. The van der Waals surface area contributed by atoms with Crippen molar-refractivity contribution in [1.29, 1.82) is 0 Å². The Morgan fingerprint density at radius 3 is 2.29 bits per heavy atom. The molecule has 0 radical (unpaired) electrons. The number of rotatable bonds is 4. The third-order valence-electron chi connectivity index (χ3n) is 2.76. The molecule has 0 bridgehead atoms. The molecule has 2 aromatic heterocycles. The molecule has 0 saturated heterocycles. The van der Waals surface area contributed by atoms with Crippen molar-refractivity contribution in [1.82, 2.24) is 20.2 Å². The summed E-state index contributed by atoms with van der Waals surface area (Å²) in [5, 5.41) is 12.4. The number of anilines is 1. The molecule has 0 amide bonds. The molecule has 0 aromatic carbocycles. The predicted molar refractivity (Wildman–Crippen MR) is 90.8 cm³/mol. The maximum atomic E-state index is 4.73. The molecule has 2 aromatic rings. The second kappa shape index (κ2) is 6.50. The van der Waals surface area contributed by atoms with Gasteiger partial charge in [-0.3, -0.25) is 0 Å². The van der Waals surface area contributed by atoms with E-state index in [1.807, 2.05) is 20.2 Å². The van der Waals surface area contributed by atoms with Crippen LogP contribution in [0.5, 0.6) is 0 Å². The summed E-state index contributed by atoms with van der Waals surface area (Å²) < 4.78 is 1.87. The first-order valence-corrected chi connectivity index (χ1v) is 9.33. The summed E-state index contributed by atoms with van der Waals surface area (Å²) in [6, 6.07) is 0. The molecule has 0 unspecified atom stereocenters. The van der Waals surface area contributed by atoms with Crippen LogP contribution in [0.3, 0.4) is 0 Å². The first kappa shape index (κ1) is 16.5. The predicted octanol–water partition coefficient (Wildman–Crippen LogP) is 3.85. The molecule has 0 atom stereocenters. The van der Waals surface area contributed by atoms with Crippen LogP contribution in [0.2, 0.25) is 0 Å². The Hall–Kier alpha value is -0.860. The number of thioether (sulfide) groups is 1. The van der Waals surface area contributed by atoms with E-state index >= 15 is 0 Å². The number of hydrogen-bond acceptors (Lipinski definition) is 8. The molecule has 0 saturated carbocycles. The topological polar surface area (TPSA) is 63.6 Å². The minimum Gasteiger partial charge on any atom is -0.373 e. The van der Waals surface area contributed by atoms with Crippen LogP contribution in [0.15, 0.2) is 13.7 Å². The van der Waals surface area contributed by atoms with E-state index in [9.17, 15) is 0 Å². The zero-order valence-corrected chi connectivity index (χ0v) is 15.5. The molecule has 0 spiro atoms. The lowest BCUT2D eigenvalue weighted by atomic mass is 9.95. The number of nitrogens with one attached hydrogen (secondary N) is 1. The second-order valence-corrected chi connectivity index (χ2v) is 8.73. The van der Waals surface area contributed by atoms with E-state index in [0.717, 1.165) is 30.9 Å². The third-order valence-corrected chi connectivity index (χ3v) is 5.80. The van der Waals surface area contributed by atoms with Crippen molar-refractivity contribution in [3.63, 3.8) is 0 Å². The molecule has 0 aliphatic carbocycles. The summed E-state index contributed by atoms with van der Waals surface area (Å²) in [7, 11) is 1.88. The van der Waals surface area contributed by atoms with E-state index in [4.69, 9.17) is 4.98 Å². The minimum absolute atomic E-state index is 0.0971. The molecule has 2 heterocycles. The van der Waals surface area contributed by atoms with Crippen LogP contribution >= 0.6 is 34.9 Å². The lowest BCUT2D eigenvalue weighted by molar-refractivity contribution is 0.538. The van der Waals surface area contributed by atoms with E-state index in [1.54, 1.807) is 34.9 Å². The van der Waals surface area contributed by atoms with Gasteiger partial charge in [-0.2, -0.15) is 0 Å². The Morgan fingerprint density at radius 2 is 1.76 bits per heavy atom. The van der Waals surface area contributed by atoms with E-state index in [0.29, 0.717) is 0 Å². The Bertz CT molecular complexity index is 633. The maximum Gasteiger partial charge on any atom is 0.181 e. The SMILES string of the molecule is CNc1nc(C(C)(C)C)nc(Sc2nnc(SC)s2)c1C. The van der Waals surface area contributed by atoms with Crippen molar-refractivity contribution in [2.24, 2.45) is 0 Å². The van der Waals surface area contributed by atoms with Gasteiger partial charge in [-0.05, 0) is 24.9 Å². The van der Waals surface area contributed by atoms with Crippen LogP contribution in [0.4, 0.5) is 5.82 Å². The van der Waals surface area contributed by atoms with Crippen LogP contribution in [0, 0.1) is 6.92 Å². The standard InChI is InChI=1S/C13H19N5S3/c1-7-8(14-5)15-10(13(2,3)4)16-9(7)20-12-18-17-11(19-6)21-12/h1-6H3,(H,14,15,16). The monoisotopic (exact) mass is 341 g/mol. The van der Waals surface area contributed by atoms with Crippen molar-refractivity contribution >= 4 is 40.7 Å². The van der Waals surface area contributed by atoms with Gasteiger partial charge in [0, 0.05) is 18.0 Å². The van der Waals surface area contributed by atoms with Crippen molar-refractivity contribution in [2.45, 2.75) is 46.8 Å². The van der Waals surface area contributed by atoms with Gasteiger partial charge in [0.2, 0.25) is 0 Å². The Labute approximate surface area is 137 Å². The van der Waals surface area contributed by atoms with Gasteiger partial charge < -0.3 is 5.32 Å². The molecule has 0 aliphatic rings. The van der Waals surface area contributed by atoms with Crippen LogP contribution in [-0.4, -0.2) is 33.5 Å². The number of hydrogen-bond donors (Lipinski definition) is 1. The lowest BCUT2D eigenvalue weighted by Crippen LogP contribution is -2.18. The smallest absolute Gasteiger partial charge is 0.181 e. The van der Waals surface area contributed by atoms with Crippen molar-refractivity contribution in [3.05, 3.63) is 11.4 Å². The van der Waals surface area contributed by atoms with Gasteiger partial charge in [0.25, 0.3) is 0 Å². The van der Waals surface area contributed by atoms with Crippen LogP contribution in [0.25, 0.3) is 0 Å². The minimum atomic E-state index is -0.0971. The fourth-order valence-electron chi connectivity index (χ4n) is 1.58. The fourth-order valence-corrected chi connectivity index (χ4v) is 4.01. The van der Waals surface area contributed by atoms with Gasteiger partial charge >= 0.3 is 0 Å². The normalized spacial score (nSPS) is 11.7. The summed E-state index contributed by atoms with van der Waals surface area (Å²) in [4.78, 5) is 9.34. The number of nitrogens with zero attached hydrogens (tertiary/aromatic N) is 4. The maximum absolute atomic E-state index is 4.73. The van der Waals surface area contributed by atoms with Crippen LogP contribution in [0.1, 0.15) is 32.2 Å². The molecular weight excluding hydrogens is 322 g/mol. The highest BCUT2D eigenvalue weighted by molar-refractivity contribution is 8.03. The van der Waals surface area contributed by atoms with E-state index in [1.165, 1.54) is 0 Å². The zero-order valence-electron chi connectivity index (χ0n) is 13.0. The zero-order chi connectivity index (χ0) is 15.6. The highest BCUT2D eigenvalue weighted by atomic mass is 32.2. The molecular formula is C13H19N5S3. The largest absolute Gasteiger partial charge is 0.373 e. The van der Waals surface area contributed by atoms with Crippen molar-refractivity contribution in [3.8, 4) is 0 Å². The second-order valence-electron chi connectivity index (χ2n) is 5.47. The Morgan fingerprint density at radius 1 is 1.10 bits per heavy atom. The lowest BCUT2D eigenvalue weighted by Gasteiger charge is -2.19. The highest BCUT2D eigenvalue weighted by Crippen LogP contribution is 2.36. The fraction of sp³-hybridized carbons (Fsp3) is 0.538. The summed E-state index contributed by atoms with van der Waals surface area (Å²) in [5.74, 6) is 1.70. The van der Waals surface area contributed by atoms with Gasteiger partial charge in [0.15, 0.2) is 8.68 Å². The van der Waals surface area contributed by atoms with Crippen molar-refractivity contribution < 1.29 is 0 Å². The Balaban J connectivity index is 2.41. The van der Waals surface area contributed by atoms with Crippen molar-refractivity contribution in [2.75, 3.05) is 18.6 Å². The van der Waals surface area contributed by atoms with Gasteiger partial charge in [0.05, 0.1) is 0 Å². The first-order chi connectivity index (χ1) is 9.85. The average molecular weight is 342 g/mol. The molecule has 1 N–H and O–H groups in total. The molecule has 114 valence electrons.